The highest BCUT2D eigenvalue weighted by atomic mass is 32.2. The zero-order valence-electron chi connectivity index (χ0n) is 21.6. The second-order valence-corrected chi connectivity index (χ2v) is 10.6. The normalized spacial score (nSPS) is 18.4. The third kappa shape index (κ3) is 4.93. The summed E-state index contributed by atoms with van der Waals surface area (Å²) in [5.74, 6) is -0.544. The van der Waals surface area contributed by atoms with E-state index < -0.39 is 24.1 Å². The predicted molar refractivity (Wildman–Crippen MR) is 151 cm³/mol. The molecule has 0 aliphatic carbocycles. The van der Waals surface area contributed by atoms with Crippen LogP contribution in [0.3, 0.4) is 0 Å². The minimum Gasteiger partial charge on any atom is -0.461 e. The first kappa shape index (κ1) is 25.7. The Balaban J connectivity index is 1.29. The van der Waals surface area contributed by atoms with Gasteiger partial charge in [0, 0.05) is 18.2 Å². The smallest absolute Gasteiger partial charge is 0.356 e. The van der Waals surface area contributed by atoms with Gasteiger partial charge in [-0.1, -0.05) is 72.8 Å². The van der Waals surface area contributed by atoms with Crippen LogP contribution in [0.2, 0.25) is 0 Å². The summed E-state index contributed by atoms with van der Waals surface area (Å²) in [4.78, 5) is 48.1. The fourth-order valence-corrected chi connectivity index (χ4v) is 6.21. The second kappa shape index (κ2) is 10.9. The Morgan fingerprint density at radius 1 is 1.02 bits per heavy atom. The lowest BCUT2D eigenvalue weighted by Gasteiger charge is -2.49. The van der Waals surface area contributed by atoms with Crippen LogP contribution in [0, 0.1) is 0 Å². The molecule has 3 aromatic carbocycles. The fourth-order valence-electron chi connectivity index (χ4n) is 4.89. The lowest BCUT2D eigenvalue weighted by atomic mass is 10.0. The average molecular weight is 555 g/mol. The molecule has 0 spiro atoms. The highest BCUT2D eigenvalue weighted by Gasteiger charge is 2.54. The predicted octanol–water partition coefficient (Wildman–Crippen LogP) is 4.41. The number of carbonyl (C=O) groups is 3. The molecule has 1 aromatic heterocycles. The van der Waals surface area contributed by atoms with Crippen LogP contribution >= 0.6 is 11.8 Å². The Labute approximate surface area is 234 Å². The van der Waals surface area contributed by atoms with Crippen molar-refractivity contribution < 1.29 is 23.9 Å². The number of fused-ring (bicyclic) bond motifs is 2. The van der Waals surface area contributed by atoms with E-state index in [0.717, 1.165) is 22.2 Å². The summed E-state index contributed by atoms with van der Waals surface area (Å²) in [6.45, 7) is 1.20. The van der Waals surface area contributed by atoms with E-state index in [1.165, 1.54) is 23.6 Å². The molecule has 6 rings (SSSR count). The standard InChI is InChI=1S/C30H26N4O5S/c1-18(35)38-16-21-17-40-28-24(33-30-31-22-14-8-9-15-23(22)32-30)27(36)34(28)25(21)29(37)39-26(19-10-4-2-5-11-19)20-12-6-3-7-13-20/h2-15,24,26,28H,16-17H2,1H3,(H2,31,32,33)/t24?,28-/m1/s1. The zero-order chi connectivity index (χ0) is 27.6. The topological polar surface area (TPSA) is 114 Å². The molecule has 2 aliphatic heterocycles. The highest BCUT2D eigenvalue weighted by molar-refractivity contribution is 8.00. The van der Waals surface area contributed by atoms with Gasteiger partial charge in [-0.05, 0) is 23.3 Å². The summed E-state index contributed by atoms with van der Waals surface area (Å²) in [6, 6.07) is 25.9. The third-order valence-corrected chi connectivity index (χ3v) is 8.14. The molecule has 1 fully saturated rings. The minimum absolute atomic E-state index is 0.105. The van der Waals surface area contributed by atoms with E-state index in [4.69, 9.17) is 9.47 Å². The molecule has 9 nitrogen and oxygen atoms in total. The molecule has 2 atom stereocenters. The summed E-state index contributed by atoms with van der Waals surface area (Å²) in [6.07, 6.45) is -0.689. The van der Waals surface area contributed by atoms with Crippen LogP contribution in [0.1, 0.15) is 24.2 Å². The van der Waals surface area contributed by atoms with Gasteiger partial charge >= 0.3 is 11.9 Å². The number of thioether (sulfide) groups is 1. The maximum Gasteiger partial charge on any atom is 0.356 e. The van der Waals surface area contributed by atoms with Gasteiger partial charge in [0.05, 0.1) is 11.0 Å². The molecule has 4 aromatic rings. The summed E-state index contributed by atoms with van der Waals surface area (Å²) < 4.78 is 11.4. The number of carbonyl (C=O) groups excluding carboxylic acids is 3. The van der Waals surface area contributed by atoms with E-state index in [-0.39, 0.29) is 23.6 Å². The van der Waals surface area contributed by atoms with Crippen molar-refractivity contribution in [2.45, 2.75) is 24.4 Å². The van der Waals surface area contributed by atoms with E-state index in [9.17, 15) is 14.4 Å². The van der Waals surface area contributed by atoms with Gasteiger partial charge < -0.3 is 19.8 Å². The van der Waals surface area contributed by atoms with Crippen LogP contribution in [0.4, 0.5) is 5.95 Å². The number of aromatic nitrogens is 2. The summed E-state index contributed by atoms with van der Waals surface area (Å²) in [5, 5.41) is 2.83. The van der Waals surface area contributed by atoms with Crippen molar-refractivity contribution in [2.75, 3.05) is 17.7 Å². The van der Waals surface area contributed by atoms with E-state index in [0.29, 0.717) is 17.3 Å². The number of ether oxygens (including phenoxy) is 2. The number of esters is 2. The number of hydrogen-bond donors (Lipinski definition) is 2. The van der Waals surface area contributed by atoms with Gasteiger partial charge in [0.15, 0.2) is 6.10 Å². The Kier molecular flexibility index (Phi) is 7.00. The van der Waals surface area contributed by atoms with Crippen molar-refractivity contribution in [1.82, 2.24) is 14.9 Å². The minimum atomic E-state index is -0.689. The van der Waals surface area contributed by atoms with Crippen LogP contribution in [0.25, 0.3) is 11.0 Å². The summed E-state index contributed by atoms with van der Waals surface area (Å²) in [5.41, 5.74) is 3.87. The molecule has 3 heterocycles. The molecule has 10 heteroatoms. The van der Waals surface area contributed by atoms with E-state index in [1.54, 1.807) is 0 Å². The SMILES string of the molecule is CC(=O)OCC1=C(C(=O)OC(c2ccccc2)c2ccccc2)N2C(=O)C(Nc3nc4ccccc4[nH]3)[C@H]2SC1. The van der Waals surface area contributed by atoms with Crippen molar-refractivity contribution >= 4 is 46.6 Å². The Bertz CT molecular complexity index is 1530. The molecule has 1 amide bonds. The van der Waals surface area contributed by atoms with Crippen LogP contribution in [-0.2, 0) is 23.9 Å². The largest absolute Gasteiger partial charge is 0.461 e. The van der Waals surface area contributed by atoms with E-state index in [1.807, 2.05) is 84.9 Å². The molecule has 0 saturated carbocycles. The molecule has 40 heavy (non-hydrogen) atoms. The fraction of sp³-hybridized carbons (Fsp3) is 0.200. The Morgan fingerprint density at radius 3 is 2.33 bits per heavy atom. The van der Waals surface area contributed by atoms with Gasteiger partial charge in [-0.3, -0.25) is 14.5 Å². The van der Waals surface area contributed by atoms with Gasteiger partial charge in [0.2, 0.25) is 5.95 Å². The first-order chi connectivity index (χ1) is 19.5. The van der Waals surface area contributed by atoms with Crippen molar-refractivity contribution in [3.05, 3.63) is 107 Å². The molecule has 0 bridgehead atoms. The lowest BCUT2D eigenvalue weighted by Crippen LogP contribution is -2.68. The number of aromatic amines is 1. The van der Waals surface area contributed by atoms with Crippen molar-refractivity contribution in [3.8, 4) is 0 Å². The number of hydrogen-bond acceptors (Lipinski definition) is 8. The summed E-state index contributed by atoms with van der Waals surface area (Å²) in [7, 11) is 0. The van der Waals surface area contributed by atoms with Crippen LogP contribution in [0.15, 0.2) is 96.2 Å². The number of para-hydroxylation sites is 2. The summed E-state index contributed by atoms with van der Waals surface area (Å²) >= 11 is 1.49. The molecular weight excluding hydrogens is 528 g/mol. The quantitative estimate of drug-likeness (QED) is 0.243. The molecule has 2 N–H and O–H groups in total. The maximum atomic E-state index is 13.9. The molecule has 2 aliphatic rings. The number of imidazole rings is 1. The number of nitrogens with one attached hydrogen (secondary N) is 2. The van der Waals surface area contributed by atoms with Gasteiger partial charge in [0.25, 0.3) is 5.91 Å². The molecule has 202 valence electrons. The average Bonchev–Trinajstić information content (AvgIpc) is 3.40. The molecule has 0 radical (unpaired) electrons. The van der Waals surface area contributed by atoms with Crippen LogP contribution in [0.5, 0.6) is 0 Å². The van der Waals surface area contributed by atoms with Gasteiger partial charge in [0.1, 0.15) is 23.7 Å². The van der Waals surface area contributed by atoms with Gasteiger partial charge in [-0.25, -0.2) is 9.78 Å². The lowest BCUT2D eigenvalue weighted by molar-refractivity contribution is -0.152. The number of amides is 1. The third-order valence-electron chi connectivity index (χ3n) is 6.80. The van der Waals surface area contributed by atoms with Crippen molar-refractivity contribution in [1.29, 1.82) is 0 Å². The Morgan fingerprint density at radius 2 is 1.68 bits per heavy atom. The molecular formula is C30H26N4O5S. The molecule has 1 saturated heterocycles. The van der Waals surface area contributed by atoms with Crippen molar-refractivity contribution in [2.24, 2.45) is 0 Å². The number of anilines is 1. The number of nitrogens with zero attached hydrogens (tertiary/aromatic N) is 2. The maximum absolute atomic E-state index is 13.9. The second-order valence-electron chi connectivity index (χ2n) is 9.47. The number of benzene rings is 3. The van der Waals surface area contributed by atoms with Gasteiger partial charge in [-0.15, -0.1) is 11.8 Å². The Hall–Kier alpha value is -4.57. The van der Waals surface area contributed by atoms with E-state index in [2.05, 4.69) is 15.3 Å². The van der Waals surface area contributed by atoms with Crippen LogP contribution < -0.4 is 5.32 Å². The highest BCUT2D eigenvalue weighted by Crippen LogP contribution is 2.42. The first-order valence-electron chi connectivity index (χ1n) is 12.8. The molecule has 1 unspecified atom stereocenters. The number of β-lactam (4-membered cyclic amide) rings is 1. The monoisotopic (exact) mass is 554 g/mol. The first-order valence-corrected chi connectivity index (χ1v) is 13.9. The van der Waals surface area contributed by atoms with E-state index >= 15 is 0 Å². The van der Waals surface area contributed by atoms with Gasteiger partial charge in [-0.2, -0.15) is 0 Å². The zero-order valence-corrected chi connectivity index (χ0v) is 22.4. The van der Waals surface area contributed by atoms with Crippen molar-refractivity contribution in [3.63, 3.8) is 0 Å². The number of rotatable bonds is 8. The number of H-pyrrole nitrogens is 1. The van der Waals surface area contributed by atoms with Crippen LogP contribution in [-0.4, -0.2) is 56.5 Å².